The van der Waals surface area contributed by atoms with Gasteiger partial charge in [-0.15, -0.1) is 0 Å². The Hall–Kier alpha value is -1.20. The Morgan fingerprint density at radius 2 is 2.18 bits per heavy atom. The van der Waals surface area contributed by atoms with Crippen LogP contribution in [0.5, 0.6) is 0 Å². The van der Waals surface area contributed by atoms with Gasteiger partial charge < -0.3 is 9.88 Å². The largest absolute Gasteiger partial charge is 0.329 e. The van der Waals surface area contributed by atoms with E-state index in [1.165, 1.54) is 0 Å². The zero-order chi connectivity index (χ0) is 12.6. The lowest BCUT2D eigenvalue weighted by atomic mass is 10.3. The number of imidazole rings is 1. The molecule has 1 atom stereocenters. The summed E-state index contributed by atoms with van der Waals surface area (Å²) in [6.07, 6.45) is 0. The fourth-order valence-corrected chi connectivity index (χ4v) is 1.99. The molecule has 1 unspecified atom stereocenters. The molecule has 0 spiro atoms. The van der Waals surface area contributed by atoms with Crippen molar-refractivity contribution in [2.24, 2.45) is 0 Å². The van der Waals surface area contributed by atoms with Crippen molar-refractivity contribution in [3.63, 3.8) is 0 Å². The summed E-state index contributed by atoms with van der Waals surface area (Å²) < 4.78 is 2.81. The number of nitrogens with zero attached hydrogens (tertiary/aromatic N) is 3. The van der Waals surface area contributed by atoms with Gasteiger partial charge in [-0.05, 0) is 52.3 Å². The second-order valence-corrected chi connectivity index (χ2v) is 5.06. The minimum atomic E-state index is 0.419. The molecule has 0 aliphatic rings. The van der Waals surface area contributed by atoms with E-state index < -0.39 is 0 Å². The molecule has 0 fully saturated rings. The van der Waals surface area contributed by atoms with Crippen LogP contribution in [-0.4, -0.2) is 39.6 Å². The van der Waals surface area contributed by atoms with E-state index in [0.717, 1.165) is 28.2 Å². The molecular formula is C12H18N4S. The highest BCUT2D eigenvalue weighted by Crippen LogP contribution is 2.13. The Morgan fingerprint density at radius 3 is 2.82 bits per heavy atom. The first kappa shape index (κ1) is 12.3. The van der Waals surface area contributed by atoms with E-state index in [-0.39, 0.29) is 0 Å². The molecule has 0 bridgehead atoms. The third-order valence-corrected chi connectivity index (χ3v) is 3.41. The quantitative estimate of drug-likeness (QED) is 0.850. The van der Waals surface area contributed by atoms with Crippen molar-refractivity contribution in [2.45, 2.75) is 26.4 Å². The molecule has 0 radical (unpaired) electrons. The lowest BCUT2D eigenvalue weighted by molar-refractivity contribution is 0.285. The maximum absolute atomic E-state index is 5.35. The van der Waals surface area contributed by atoms with E-state index in [1.54, 1.807) is 0 Å². The molecule has 0 aliphatic carbocycles. The van der Waals surface area contributed by atoms with Gasteiger partial charge in [0.05, 0.1) is 5.52 Å². The van der Waals surface area contributed by atoms with Crippen LogP contribution in [0.15, 0.2) is 12.1 Å². The number of nitrogens with one attached hydrogen (secondary N) is 1. The summed E-state index contributed by atoms with van der Waals surface area (Å²) in [4.78, 5) is 9.93. The van der Waals surface area contributed by atoms with Crippen molar-refractivity contribution in [1.82, 2.24) is 19.4 Å². The molecular weight excluding hydrogens is 232 g/mol. The molecule has 4 nitrogen and oxygen atoms in total. The second kappa shape index (κ2) is 4.58. The van der Waals surface area contributed by atoms with E-state index in [2.05, 4.69) is 40.5 Å². The summed E-state index contributed by atoms with van der Waals surface area (Å²) >= 11 is 5.35. The highest BCUT2D eigenvalue weighted by molar-refractivity contribution is 7.71. The van der Waals surface area contributed by atoms with Crippen LogP contribution in [0.2, 0.25) is 0 Å². The zero-order valence-electron chi connectivity index (χ0n) is 10.7. The van der Waals surface area contributed by atoms with Gasteiger partial charge in [-0.3, -0.25) is 4.57 Å². The van der Waals surface area contributed by atoms with E-state index in [0.29, 0.717) is 6.04 Å². The van der Waals surface area contributed by atoms with Crippen LogP contribution in [0, 0.1) is 11.7 Å². The summed E-state index contributed by atoms with van der Waals surface area (Å²) in [5, 5.41) is 0. The minimum Gasteiger partial charge on any atom is -0.329 e. The number of fused-ring (bicyclic) bond motifs is 1. The van der Waals surface area contributed by atoms with Gasteiger partial charge in [0.2, 0.25) is 0 Å². The Bertz CT molecular complexity index is 582. The number of pyridine rings is 1. The molecule has 0 saturated heterocycles. The SMILES string of the molecule is Cc1ccc2[nH]c(=S)n(CC(C)N(C)C)c2n1. The van der Waals surface area contributed by atoms with Crippen molar-refractivity contribution in [3.05, 3.63) is 22.6 Å². The molecule has 0 saturated carbocycles. The lowest BCUT2D eigenvalue weighted by Gasteiger charge is -2.20. The van der Waals surface area contributed by atoms with Crippen LogP contribution in [0.1, 0.15) is 12.6 Å². The van der Waals surface area contributed by atoms with Gasteiger partial charge in [-0.1, -0.05) is 0 Å². The number of hydrogen-bond donors (Lipinski definition) is 1. The average molecular weight is 250 g/mol. The molecule has 2 heterocycles. The van der Waals surface area contributed by atoms with Gasteiger partial charge in [-0.2, -0.15) is 0 Å². The Labute approximate surface area is 106 Å². The van der Waals surface area contributed by atoms with Crippen LogP contribution in [0.3, 0.4) is 0 Å². The number of likely N-dealkylation sites (N-methyl/N-ethyl adjacent to an activating group) is 1. The second-order valence-electron chi connectivity index (χ2n) is 4.68. The molecule has 2 aromatic rings. The number of aromatic nitrogens is 3. The van der Waals surface area contributed by atoms with Gasteiger partial charge in [0.15, 0.2) is 10.4 Å². The smallest absolute Gasteiger partial charge is 0.179 e. The topological polar surface area (TPSA) is 36.9 Å². The van der Waals surface area contributed by atoms with E-state index in [1.807, 2.05) is 19.1 Å². The molecule has 92 valence electrons. The summed E-state index contributed by atoms with van der Waals surface area (Å²) in [5.74, 6) is 0. The number of aryl methyl sites for hydroxylation is 1. The van der Waals surface area contributed by atoms with E-state index >= 15 is 0 Å². The van der Waals surface area contributed by atoms with Crippen molar-refractivity contribution < 1.29 is 0 Å². The third-order valence-electron chi connectivity index (χ3n) is 3.09. The van der Waals surface area contributed by atoms with Gasteiger partial charge in [0, 0.05) is 18.3 Å². The van der Waals surface area contributed by atoms with Crippen LogP contribution >= 0.6 is 12.2 Å². The molecule has 0 aliphatic heterocycles. The van der Waals surface area contributed by atoms with Crippen molar-refractivity contribution in [1.29, 1.82) is 0 Å². The summed E-state index contributed by atoms with van der Waals surface area (Å²) in [6.45, 7) is 5.02. The summed E-state index contributed by atoms with van der Waals surface area (Å²) in [5.41, 5.74) is 2.97. The molecule has 0 amide bonds. The highest BCUT2D eigenvalue weighted by atomic mass is 32.1. The molecule has 0 aromatic carbocycles. The van der Waals surface area contributed by atoms with E-state index in [9.17, 15) is 0 Å². The fraction of sp³-hybridized carbons (Fsp3) is 0.500. The highest BCUT2D eigenvalue weighted by Gasteiger charge is 2.11. The Kier molecular flexibility index (Phi) is 3.31. The van der Waals surface area contributed by atoms with E-state index in [4.69, 9.17) is 12.2 Å². The van der Waals surface area contributed by atoms with Gasteiger partial charge in [0.25, 0.3) is 0 Å². The lowest BCUT2D eigenvalue weighted by Crippen LogP contribution is -2.29. The maximum Gasteiger partial charge on any atom is 0.179 e. The number of rotatable bonds is 3. The van der Waals surface area contributed by atoms with Gasteiger partial charge in [0.1, 0.15) is 0 Å². The predicted molar refractivity (Wildman–Crippen MR) is 72.8 cm³/mol. The molecule has 5 heteroatoms. The monoisotopic (exact) mass is 250 g/mol. The molecule has 2 rings (SSSR count). The first-order valence-electron chi connectivity index (χ1n) is 5.71. The summed E-state index contributed by atoms with van der Waals surface area (Å²) in [6, 6.07) is 4.44. The number of H-pyrrole nitrogens is 1. The molecule has 1 N–H and O–H groups in total. The van der Waals surface area contributed by atoms with Gasteiger partial charge >= 0.3 is 0 Å². The van der Waals surface area contributed by atoms with Crippen LogP contribution in [-0.2, 0) is 6.54 Å². The normalized spacial score (nSPS) is 13.5. The fourth-order valence-electron chi connectivity index (χ4n) is 1.72. The first-order chi connectivity index (χ1) is 7.99. The molecule has 17 heavy (non-hydrogen) atoms. The maximum atomic E-state index is 5.35. The Morgan fingerprint density at radius 1 is 1.47 bits per heavy atom. The summed E-state index contributed by atoms with van der Waals surface area (Å²) in [7, 11) is 4.14. The van der Waals surface area contributed by atoms with Gasteiger partial charge in [-0.25, -0.2) is 4.98 Å². The number of hydrogen-bond acceptors (Lipinski definition) is 3. The van der Waals surface area contributed by atoms with Crippen LogP contribution in [0.25, 0.3) is 11.2 Å². The third kappa shape index (κ3) is 2.40. The molecule has 2 aromatic heterocycles. The zero-order valence-corrected chi connectivity index (χ0v) is 11.5. The average Bonchev–Trinajstić information content (AvgIpc) is 2.55. The van der Waals surface area contributed by atoms with Crippen molar-refractivity contribution >= 4 is 23.4 Å². The number of aromatic amines is 1. The standard InChI is InChI=1S/C12H18N4S/c1-8-5-6-10-11(13-8)16(12(17)14-10)7-9(2)15(3)4/h5-6,9H,7H2,1-4H3,(H,14,17). The van der Waals surface area contributed by atoms with Crippen molar-refractivity contribution in [2.75, 3.05) is 14.1 Å². The Balaban J connectivity index is 2.49. The van der Waals surface area contributed by atoms with Crippen molar-refractivity contribution in [3.8, 4) is 0 Å². The van der Waals surface area contributed by atoms with Crippen LogP contribution < -0.4 is 0 Å². The van der Waals surface area contributed by atoms with Crippen LogP contribution in [0.4, 0.5) is 0 Å². The predicted octanol–water partition coefficient (Wildman–Crippen LogP) is 2.35. The first-order valence-corrected chi connectivity index (χ1v) is 6.12. The minimum absolute atomic E-state index is 0.419.